The summed E-state index contributed by atoms with van der Waals surface area (Å²) in [6.45, 7) is 6.70. The third-order valence-corrected chi connectivity index (χ3v) is 3.36. The number of para-hydroxylation sites is 1. The van der Waals surface area contributed by atoms with Gasteiger partial charge in [-0.3, -0.25) is 0 Å². The van der Waals surface area contributed by atoms with E-state index >= 15 is 0 Å². The molecule has 0 saturated heterocycles. The molecule has 0 fully saturated rings. The highest BCUT2D eigenvalue weighted by Gasteiger charge is 2.07. The predicted molar refractivity (Wildman–Crippen MR) is 89.6 cm³/mol. The molecule has 0 bridgehead atoms. The highest BCUT2D eigenvalue weighted by Crippen LogP contribution is 2.24. The number of urea groups is 1. The number of carbonyl (C=O) groups is 1. The molecular formula is C18H21FN2O2. The van der Waals surface area contributed by atoms with Gasteiger partial charge in [0.15, 0.2) is 0 Å². The van der Waals surface area contributed by atoms with E-state index in [4.69, 9.17) is 4.74 Å². The molecule has 0 aliphatic heterocycles. The summed E-state index contributed by atoms with van der Waals surface area (Å²) >= 11 is 0. The van der Waals surface area contributed by atoms with Gasteiger partial charge < -0.3 is 15.4 Å². The van der Waals surface area contributed by atoms with E-state index in [1.165, 1.54) is 17.7 Å². The number of hydrogen-bond donors (Lipinski definition) is 2. The van der Waals surface area contributed by atoms with Crippen molar-refractivity contribution in [2.45, 2.75) is 20.8 Å². The first-order valence-corrected chi connectivity index (χ1v) is 7.47. The molecule has 0 atom stereocenters. The van der Waals surface area contributed by atoms with Crippen LogP contribution < -0.4 is 15.4 Å². The van der Waals surface area contributed by atoms with Crippen molar-refractivity contribution in [3.63, 3.8) is 0 Å². The van der Waals surface area contributed by atoms with Gasteiger partial charge in [-0.15, -0.1) is 0 Å². The number of benzene rings is 2. The predicted octanol–water partition coefficient (Wildman–Crippen LogP) is 3.95. The largest absolute Gasteiger partial charge is 0.491 e. The molecule has 2 aromatic rings. The van der Waals surface area contributed by atoms with Crippen LogP contribution in [0, 0.1) is 26.6 Å². The van der Waals surface area contributed by atoms with E-state index in [-0.39, 0.29) is 5.69 Å². The molecule has 0 heterocycles. The van der Waals surface area contributed by atoms with Gasteiger partial charge in [-0.2, -0.15) is 0 Å². The molecular weight excluding hydrogens is 295 g/mol. The zero-order valence-electron chi connectivity index (χ0n) is 13.6. The van der Waals surface area contributed by atoms with Crippen molar-refractivity contribution in [2.24, 2.45) is 0 Å². The Morgan fingerprint density at radius 2 is 1.78 bits per heavy atom. The third-order valence-electron chi connectivity index (χ3n) is 3.36. The van der Waals surface area contributed by atoms with Crippen molar-refractivity contribution < 1.29 is 13.9 Å². The van der Waals surface area contributed by atoms with Gasteiger partial charge in [0.2, 0.25) is 0 Å². The van der Waals surface area contributed by atoms with Crippen LogP contribution in [0.15, 0.2) is 36.4 Å². The minimum Gasteiger partial charge on any atom is -0.491 e. The second kappa shape index (κ2) is 7.63. The Morgan fingerprint density at radius 3 is 2.43 bits per heavy atom. The molecule has 2 N–H and O–H groups in total. The summed E-state index contributed by atoms with van der Waals surface area (Å²) < 4.78 is 19.1. The molecule has 122 valence electrons. The standard InChI is InChI=1S/C18H21FN2O2/c1-12-10-13(2)17(14(3)11-12)23-9-8-20-18(22)21-16-7-5-4-6-15(16)19/h4-7,10-11H,8-9H2,1-3H3,(H2,20,21,22). The van der Waals surface area contributed by atoms with E-state index in [9.17, 15) is 9.18 Å². The van der Waals surface area contributed by atoms with Gasteiger partial charge >= 0.3 is 6.03 Å². The van der Waals surface area contributed by atoms with E-state index in [0.29, 0.717) is 13.2 Å². The fourth-order valence-corrected chi connectivity index (χ4v) is 2.44. The van der Waals surface area contributed by atoms with Crippen LogP contribution in [0.5, 0.6) is 5.75 Å². The molecule has 4 nitrogen and oxygen atoms in total. The Bertz CT molecular complexity index is 678. The van der Waals surface area contributed by atoms with Crippen LogP contribution in [0.25, 0.3) is 0 Å². The van der Waals surface area contributed by atoms with Gasteiger partial charge in [-0.25, -0.2) is 9.18 Å². The zero-order valence-corrected chi connectivity index (χ0v) is 13.6. The molecule has 2 amide bonds. The molecule has 5 heteroatoms. The Hall–Kier alpha value is -2.56. The molecule has 2 rings (SSSR count). The van der Waals surface area contributed by atoms with Gasteiger partial charge in [-0.05, 0) is 44.0 Å². The van der Waals surface area contributed by atoms with Crippen molar-refractivity contribution in [1.29, 1.82) is 0 Å². The lowest BCUT2D eigenvalue weighted by molar-refractivity contribution is 0.247. The topological polar surface area (TPSA) is 50.4 Å². The summed E-state index contributed by atoms with van der Waals surface area (Å²) in [5.41, 5.74) is 3.47. The van der Waals surface area contributed by atoms with Gasteiger partial charge in [0.25, 0.3) is 0 Å². The van der Waals surface area contributed by atoms with Gasteiger partial charge in [0.05, 0.1) is 12.2 Å². The van der Waals surface area contributed by atoms with Crippen LogP contribution >= 0.6 is 0 Å². The van der Waals surface area contributed by atoms with E-state index in [1.807, 2.05) is 20.8 Å². The van der Waals surface area contributed by atoms with Gasteiger partial charge in [0.1, 0.15) is 18.2 Å². The first kappa shape index (κ1) is 16.8. The highest BCUT2D eigenvalue weighted by atomic mass is 19.1. The molecule has 2 aromatic carbocycles. The molecule has 0 saturated carbocycles. The lowest BCUT2D eigenvalue weighted by atomic mass is 10.1. The lowest BCUT2D eigenvalue weighted by Crippen LogP contribution is -2.32. The maximum Gasteiger partial charge on any atom is 0.319 e. The van der Waals surface area contributed by atoms with Crippen LogP contribution in [0.3, 0.4) is 0 Å². The van der Waals surface area contributed by atoms with Crippen LogP contribution in [0.2, 0.25) is 0 Å². The number of rotatable bonds is 5. The van der Waals surface area contributed by atoms with Crippen molar-refractivity contribution in [1.82, 2.24) is 5.32 Å². The SMILES string of the molecule is Cc1cc(C)c(OCCNC(=O)Nc2ccccc2F)c(C)c1. The summed E-state index contributed by atoms with van der Waals surface area (Å²) in [6, 6.07) is 9.67. The number of ether oxygens (including phenoxy) is 1. The Labute approximate surface area is 135 Å². The van der Waals surface area contributed by atoms with Crippen molar-refractivity contribution in [3.8, 4) is 5.75 Å². The van der Waals surface area contributed by atoms with Gasteiger partial charge in [0, 0.05) is 0 Å². The number of anilines is 1. The van der Waals surface area contributed by atoms with Crippen molar-refractivity contribution in [3.05, 3.63) is 58.9 Å². The van der Waals surface area contributed by atoms with Crippen LogP contribution in [-0.4, -0.2) is 19.2 Å². The van der Waals surface area contributed by atoms with E-state index in [2.05, 4.69) is 22.8 Å². The Kier molecular flexibility index (Phi) is 5.57. The average molecular weight is 316 g/mol. The molecule has 0 unspecified atom stereocenters. The minimum absolute atomic E-state index is 0.149. The second-order valence-electron chi connectivity index (χ2n) is 5.44. The molecule has 0 aromatic heterocycles. The molecule has 0 radical (unpaired) electrons. The highest BCUT2D eigenvalue weighted by molar-refractivity contribution is 5.89. The normalized spacial score (nSPS) is 10.3. The second-order valence-corrected chi connectivity index (χ2v) is 5.44. The van der Waals surface area contributed by atoms with E-state index < -0.39 is 11.8 Å². The summed E-state index contributed by atoms with van der Waals surface area (Å²) in [5.74, 6) is 0.372. The molecule has 23 heavy (non-hydrogen) atoms. The summed E-state index contributed by atoms with van der Waals surface area (Å²) in [5, 5.41) is 5.10. The Morgan fingerprint density at radius 1 is 1.13 bits per heavy atom. The summed E-state index contributed by atoms with van der Waals surface area (Å²) in [7, 11) is 0. The minimum atomic E-state index is -0.468. The van der Waals surface area contributed by atoms with Crippen molar-refractivity contribution >= 4 is 11.7 Å². The first-order chi connectivity index (χ1) is 11.0. The quantitative estimate of drug-likeness (QED) is 0.821. The van der Waals surface area contributed by atoms with Crippen molar-refractivity contribution in [2.75, 3.05) is 18.5 Å². The number of aryl methyl sites for hydroxylation is 3. The molecule has 0 aliphatic carbocycles. The number of amides is 2. The number of halogens is 1. The lowest BCUT2D eigenvalue weighted by Gasteiger charge is -2.14. The number of hydrogen-bond acceptors (Lipinski definition) is 2. The average Bonchev–Trinajstić information content (AvgIpc) is 2.48. The third kappa shape index (κ3) is 4.71. The smallest absolute Gasteiger partial charge is 0.319 e. The number of carbonyl (C=O) groups excluding carboxylic acids is 1. The fraction of sp³-hybridized carbons (Fsp3) is 0.278. The zero-order chi connectivity index (χ0) is 16.8. The maximum absolute atomic E-state index is 13.4. The van der Waals surface area contributed by atoms with Gasteiger partial charge in [-0.1, -0.05) is 29.8 Å². The Balaban J connectivity index is 1.80. The monoisotopic (exact) mass is 316 g/mol. The number of nitrogens with one attached hydrogen (secondary N) is 2. The molecule has 0 aliphatic rings. The first-order valence-electron chi connectivity index (χ1n) is 7.47. The maximum atomic E-state index is 13.4. The fourth-order valence-electron chi connectivity index (χ4n) is 2.44. The van der Waals surface area contributed by atoms with E-state index in [1.54, 1.807) is 12.1 Å². The molecule has 0 spiro atoms. The summed E-state index contributed by atoms with van der Waals surface area (Å²) in [6.07, 6.45) is 0. The summed E-state index contributed by atoms with van der Waals surface area (Å²) in [4.78, 5) is 11.7. The van der Waals surface area contributed by atoms with E-state index in [0.717, 1.165) is 16.9 Å². The van der Waals surface area contributed by atoms with Crippen LogP contribution in [0.4, 0.5) is 14.9 Å². The van der Waals surface area contributed by atoms with Crippen LogP contribution in [-0.2, 0) is 0 Å². The van der Waals surface area contributed by atoms with Crippen LogP contribution in [0.1, 0.15) is 16.7 Å².